The fourth-order valence-electron chi connectivity index (χ4n) is 2.91. The van der Waals surface area contributed by atoms with E-state index in [1.165, 1.54) is 24.0 Å². The summed E-state index contributed by atoms with van der Waals surface area (Å²) < 4.78 is 5.84. The van der Waals surface area contributed by atoms with Crippen LogP contribution in [0.3, 0.4) is 0 Å². The van der Waals surface area contributed by atoms with Crippen molar-refractivity contribution < 1.29 is 9.84 Å². The van der Waals surface area contributed by atoms with E-state index in [2.05, 4.69) is 36.9 Å². The Morgan fingerprint density at radius 3 is 2.74 bits per heavy atom. The lowest BCUT2D eigenvalue weighted by Gasteiger charge is -2.47. The molecule has 1 aromatic rings. The third-order valence-electron chi connectivity index (χ3n) is 4.34. The van der Waals surface area contributed by atoms with Crippen molar-refractivity contribution >= 4 is 0 Å². The van der Waals surface area contributed by atoms with Gasteiger partial charge in [0.15, 0.2) is 0 Å². The average molecular weight is 261 g/mol. The van der Waals surface area contributed by atoms with Gasteiger partial charge in [0, 0.05) is 19.6 Å². The number of benzene rings is 1. The van der Waals surface area contributed by atoms with Crippen LogP contribution in [0.4, 0.5) is 0 Å². The van der Waals surface area contributed by atoms with E-state index >= 15 is 0 Å². The third kappa shape index (κ3) is 2.77. The van der Waals surface area contributed by atoms with Crippen molar-refractivity contribution in [3.63, 3.8) is 0 Å². The van der Waals surface area contributed by atoms with Crippen molar-refractivity contribution in [1.29, 1.82) is 0 Å². The summed E-state index contributed by atoms with van der Waals surface area (Å²) in [5.74, 6) is 1.56. The van der Waals surface area contributed by atoms with Crippen molar-refractivity contribution in [1.82, 2.24) is 4.90 Å². The summed E-state index contributed by atoms with van der Waals surface area (Å²) in [5.41, 5.74) is 2.04. The fourth-order valence-corrected chi connectivity index (χ4v) is 2.91. The lowest BCUT2D eigenvalue weighted by atomic mass is 9.89. The Morgan fingerprint density at radius 1 is 1.32 bits per heavy atom. The number of β-amino-alcohol motifs (C(OH)–C–C–N with tert-alkyl or cyclic N) is 1. The molecular weight excluding hydrogens is 238 g/mol. The molecule has 3 rings (SSSR count). The first-order valence-corrected chi connectivity index (χ1v) is 7.22. The molecule has 0 aromatic heterocycles. The van der Waals surface area contributed by atoms with Gasteiger partial charge in [-0.3, -0.25) is 4.90 Å². The summed E-state index contributed by atoms with van der Waals surface area (Å²) in [6.07, 6.45) is 2.42. The lowest BCUT2D eigenvalue weighted by Crippen LogP contribution is -2.63. The molecule has 0 atom stereocenters. The molecule has 1 N–H and O–H groups in total. The molecule has 1 saturated carbocycles. The largest absolute Gasteiger partial charge is 0.492 e. The van der Waals surface area contributed by atoms with Crippen LogP contribution in [0.2, 0.25) is 0 Å². The molecule has 19 heavy (non-hydrogen) atoms. The smallest absolute Gasteiger partial charge is 0.122 e. The van der Waals surface area contributed by atoms with Gasteiger partial charge in [-0.25, -0.2) is 0 Å². The number of hydrogen-bond donors (Lipinski definition) is 1. The predicted molar refractivity (Wildman–Crippen MR) is 75.5 cm³/mol. The van der Waals surface area contributed by atoms with Crippen LogP contribution in [0.25, 0.3) is 0 Å². The molecule has 0 amide bonds. The normalized spacial score (nSPS) is 22.1. The van der Waals surface area contributed by atoms with Gasteiger partial charge in [-0.2, -0.15) is 0 Å². The fraction of sp³-hybridized carbons (Fsp3) is 0.625. The summed E-state index contributed by atoms with van der Waals surface area (Å²) in [6, 6.07) is 6.29. The molecule has 1 saturated heterocycles. The minimum Gasteiger partial charge on any atom is -0.492 e. The Balaban J connectivity index is 1.43. The maximum Gasteiger partial charge on any atom is 0.122 e. The number of aryl methyl sites for hydroxylation is 2. The molecule has 1 heterocycles. The second kappa shape index (κ2) is 4.80. The van der Waals surface area contributed by atoms with Crippen molar-refractivity contribution in [3.05, 3.63) is 29.3 Å². The highest BCUT2D eigenvalue weighted by Gasteiger charge is 2.51. The van der Waals surface area contributed by atoms with E-state index in [9.17, 15) is 5.11 Å². The quantitative estimate of drug-likeness (QED) is 0.881. The van der Waals surface area contributed by atoms with Gasteiger partial charge in [-0.05, 0) is 49.8 Å². The molecule has 3 nitrogen and oxygen atoms in total. The summed E-state index contributed by atoms with van der Waals surface area (Å²) in [6.45, 7) is 7.41. The second-order valence-electron chi connectivity index (χ2n) is 6.21. The van der Waals surface area contributed by atoms with Crippen LogP contribution in [0, 0.1) is 19.8 Å². The first-order valence-electron chi connectivity index (χ1n) is 7.22. The molecule has 0 spiro atoms. The van der Waals surface area contributed by atoms with Crippen molar-refractivity contribution in [2.75, 3.05) is 26.2 Å². The molecule has 2 fully saturated rings. The zero-order chi connectivity index (χ0) is 13.5. The van der Waals surface area contributed by atoms with E-state index in [-0.39, 0.29) is 5.60 Å². The van der Waals surface area contributed by atoms with Gasteiger partial charge in [0.1, 0.15) is 12.4 Å². The number of likely N-dealkylation sites (tertiary alicyclic amines) is 1. The molecular formula is C16H23NO2. The van der Waals surface area contributed by atoms with E-state index in [1.54, 1.807) is 0 Å². The van der Waals surface area contributed by atoms with Gasteiger partial charge in [-0.15, -0.1) is 0 Å². The van der Waals surface area contributed by atoms with Crippen LogP contribution in [0.1, 0.15) is 24.0 Å². The zero-order valence-electron chi connectivity index (χ0n) is 11.9. The standard InChI is InChI=1S/C16H23NO2/c1-12-3-4-13(2)15(9-12)19-8-7-17-10-16(18,11-17)14-5-6-14/h3-4,9,14,18H,5-8,10-11H2,1-2H3. The average Bonchev–Trinajstić information content (AvgIpc) is 3.15. The molecule has 0 unspecified atom stereocenters. The SMILES string of the molecule is Cc1ccc(C)c(OCCN2CC(O)(C3CC3)C2)c1. The molecule has 2 aliphatic rings. The van der Waals surface area contributed by atoms with Crippen molar-refractivity contribution in [3.8, 4) is 5.75 Å². The van der Waals surface area contributed by atoms with Crippen LogP contribution in [-0.4, -0.2) is 41.8 Å². The predicted octanol–water partition coefficient (Wildman–Crippen LogP) is 2.14. The van der Waals surface area contributed by atoms with E-state index in [0.29, 0.717) is 12.5 Å². The number of aliphatic hydroxyl groups is 1. The van der Waals surface area contributed by atoms with Crippen LogP contribution in [-0.2, 0) is 0 Å². The van der Waals surface area contributed by atoms with Crippen LogP contribution >= 0.6 is 0 Å². The molecule has 1 aromatic carbocycles. The van der Waals surface area contributed by atoms with E-state index in [4.69, 9.17) is 4.74 Å². The number of ether oxygens (including phenoxy) is 1. The number of hydrogen-bond acceptors (Lipinski definition) is 3. The third-order valence-corrected chi connectivity index (χ3v) is 4.34. The minimum atomic E-state index is -0.376. The summed E-state index contributed by atoms with van der Waals surface area (Å²) >= 11 is 0. The van der Waals surface area contributed by atoms with Crippen LogP contribution < -0.4 is 4.74 Å². The van der Waals surface area contributed by atoms with E-state index < -0.39 is 0 Å². The highest BCUT2D eigenvalue weighted by atomic mass is 16.5. The van der Waals surface area contributed by atoms with Gasteiger partial charge in [0.2, 0.25) is 0 Å². The Labute approximate surface area is 115 Å². The highest BCUT2D eigenvalue weighted by molar-refractivity contribution is 5.35. The monoisotopic (exact) mass is 261 g/mol. The topological polar surface area (TPSA) is 32.7 Å². The van der Waals surface area contributed by atoms with Crippen LogP contribution in [0.15, 0.2) is 18.2 Å². The van der Waals surface area contributed by atoms with Gasteiger partial charge in [0.25, 0.3) is 0 Å². The molecule has 0 radical (unpaired) electrons. The number of rotatable bonds is 5. The van der Waals surface area contributed by atoms with Gasteiger partial charge in [-0.1, -0.05) is 12.1 Å². The summed E-state index contributed by atoms with van der Waals surface area (Å²) in [5, 5.41) is 10.2. The van der Waals surface area contributed by atoms with E-state index in [0.717, 1.165) is 25.4 Å². The molecule has 3 heteroatoms. The Bertz CT molecular complexity index is 462. The summed E-state index contributed by atoms with van der Waals surface area (Å²) in [7, 11) is 0. The molecule has 0 bridgehead atoms. The van der Waals surface area contributed by atoms with Crippen molar-refractivity contribution in [2.45, 2.75) is 32.3 Å². The molecule has 1 aliphatic carbocycles. The first-order chi connectivity index (χ1) is 9.07. The molecule has 104 valence electrons. The first kappa shape index (κ1) is 12.9. The zero-order valence-corrected chi connectivity index (χ0v) is 11.9. The van der Waals surface area contributed by atoms with Crippen LogP contribution in [0.5, 0.6) is 5.75 Å². The van der Waals surface area contributed by atoms with Gasteiger partial charge in [0.05, 0.1) is 5.60 Å². The molecule has 1 aliphatic heterocycles. The Morgan fingerprint density at radius 2 is 2.05 bits per heavy atom. The highest BCUT2D eigenvalue weighted by Crippen LogP contribution is 2.44. The summed E-state index contributed by atoms with van der Waals surface area (Å²) in [4.78, 5) is 2.28. The maximum absolute atomic E-state index is 10.2. The van der Waals surface area contributed by atoms with Gasteiger partial charge >= 0.3 is 0 Å². The van der Waals surface area contributed by atoms with E-state index in [1.807, 2.05) is 0 Å². The minimum absolute atomic E-state index is 0.376. The maximum atomic E-state index is 10.2. The van der Waals surface area contributed by atoms with Gasteiger partial charge < -0.3 is 9.84 Å². The Hall–Kier alpha value is -1.06. The Kier molecular flexibility index (Phi) is 3.27. The second-order valence-corrected chi connectivity index (χ2v) is 6.21. The van der Waals surface area contributed by atoms with Crippen molar-refractivity contribution in [2.24, 2.45) is 5.92 Å². The lowest BCUT2D eigenvalue weighted by molar-refractivity contribution is -0.115. The number of nitrogens with zero attached hydrogens (tertiary/aromatic N) is 1.